The van der Waals surface area contributed by atoms with Gasteiger partial charge < -0.3 is 19.5 Å². The molecule has 0 aliphatic rings. The van der Waals surface area contributed by atoms with Crippen LogP contribution < -0.4 is 14.8 Å². The monoisotopic (exact) mass is 409 g/mol. The average Bonchev–Trinajstić information content (AvgIpc) is 3.24. The molecule has 158 valence electrons. The van der Waals surface area contributed by atoms with Gasteiger partial charge in [-0.15, -0.1) is 0 Å². The average molecular weight is 409 g/mol. The lowest BCUT2D eigenvalue weighted by Crippen LogP contribution is -2.26. The smallest absolute Gasteiger partial charge is 0.272 e. The molecule has 2 aromatic carbocycles. The van der Waals surface area contributed by atoms with E-state index in [1.807, 2.05) is 61.7 Å². The molecule has 3 aromatic rings. The molecular formula is C23H27N3O4. The Balaban J connectivity index is 1.94. The van der Waals surface area contributed by atoms with Crippen LogP contribution in [0.1, 0.15) is 23.8 Å². The normalized spacial score (nSPS) is 10.6. The molecular weight excluding hydrogens is 382 g/mol. The topological polar surface area (TPSA) is 74.6 Å². The lowest BCUT2D eigenvalue weighted by Gasteiger charge is -2.10. The van der Waals surface area contributed by atoms with E-state index in [9.17, 15) is 4.79 Å². The zero-order chi connectivity index (χ0) is 21.3. The van der Waals surface area contributed by atoms with Crippen molar-refractivity contribution in [1.82, 2.24) is 15.1 Å². The predicted octanol–water partition coefficient (Wildman–Crippen LogP) is 3.71. The van der Waals surface area contributed by atoms with E-state index in [2.05, 4.69) is 10.4 Å². The summed E-state index contributed by atoms with van der Waals surface area (Å²) in [5, 5.41) is 7.50. The molecule has 1 amide bonds. The summed E-state index contributed by atoms with van der Waals surface area (Å²) >= 11 is 0. The summed E-state index contributed by atoms with van der Waals surface area (Å²) in [4.78, 5) is 12.9. The molecule has 3 rings (SSSR count). The molecule has 0 spiro atoms. The van der Waals surface area contributed by atoms with Crippen molar-refractivity contribution in [1.29, 1.82) is 0 Å². The number of carbonyl (C=O) groups is 1. The van der Waals surface area contributed by atoms with Crippen LogP contribution in [0.4, 0.5) is 0 Å². The van der Waals surface area contributed by atoms with Crippen LogP contribution in [0.5, 0.6) is 11.5 Å². The van der Waals surface area contributed by atoms with E-state index in [4.69, 9.17) is 14.2 Å². The van der Waals surface area contributed by atoms with Crippen molar-refractivity contribution < 1.29 is 19.0 Å². The molecule has 0 aliphatic carbocycles. The van der Waals surface area contributed by atoms with Gasteiger partial charge in [0, 0.05) is 31.5 Å². The van der Waals surface area contributed by atoms with Gasteiger partial charge >= 0.3 is 0 Å². The third kappa shape index (κ3) is 4.99. The van der Waals surface area contributed by atoms with Crippen LogP contribution in [0.15, 0.2) is 54.7 Å². The van der Waals surface area contributed by atoms with Crippen molar-refractivity contribution >= 4 is 5.91 Å². The van der Waals surface area contributed by atoms with Crippen molar-refractivity contribution in [3.8, 4) is 28.3 Å². The third-order valence-electron chi connectivity index (χ3n) is 4.60. The number of benzene rings is 2. The van der Waals surface area contributed by atoms with Gasteiger partial charge in [-0.2, -0.15) is 5.10 Å². The molecule has 0 bridgehead atoms. The standard InChI is InChI=1S/C23H27N3O4/c1-4-30-14-8-13-24-23(27)22-19(16-26(25-22)18-9-6-5-7-10-18)17-11-12-20(28-2)21(15-17)29-3/h5-7,9-12,15-16H,4,8,13-14H2,1-3H3,(H,24,27). The van der Waals surface area contributed by atoms with E-state index in [1.54, 1.807) is 18.9 Å². The largest absolute Gasteiger partial charge is 0.493 e. The lowest BCUT2D eigenvalue weighted by molar-refractivity contribution is 0.0939. The summed E-state index contributed by atoms with van der Waals surface area (Å²) in [6.45, 7) is 3.74. The molecule has 7 nitrogen and oxygen atoms in total. The zero-order valence-corrected chi connectivity index (χ0v) is 17.6. The summed E-state index contributed by atoms with van der Waals surface area (Å²) < 4.78 is 17.8. The van der Waals surface area contributed by atoms with Gasteiger partial charge in [-0.3, -0.25) is 4.79 Å². The minimum absolute atomic E-state index is 0.231. The minimum atomic E-state index is -0.231. The van der Waals surface area contributed by atoms with Gasteiger partial charge in [0.05, 0.1) is 19.9 Å². The van der Waals surface area contributed by atoms with E-state index in [1.165, 1.54) is 0 Å². The highest BCUT2D eigenvalue weighted by atomic mass is 16.5. The Labute approximate surface area is 176 Å². The highest BCUT2D eigenvalue weighted by Gasteiger charge is 2.20. The molecule has 0 atom stereocenters. The number of aromatic nitrogens is 2. The highest BCUT2D eigenvalue weighted by Crippen LogP contribution is 2.34. The number of para-hydroxylation sites is 1. The van der Waals surface area contributed by atoms with Gasteiger partial charge in [0.1, 0.15) is 0 Å². The SMILES string of the molecule is CCOCCCNC(=O)c1nn(-c2ccccc2)cc1-c1ccc(OC)c(OC)c1. The number of nitrogens with one attached hydrogen (secondary N) is 1. The van der Waals surface area contributed by atoms with Gasteiger partial charge in [0.15, 0.2) is 17.2 Å². The minimum Gasteiger partial charge on any atom is -0.493 e. The Morgan fingerprint density at radius 2 is 1.83 bits per heavy atom. The fourth-order valence-electron chi connectivity index (χ4n) is 3.07. The number of methoxy groups -OCH3 is 2. The fourth-order valence-corrected chi connectivity index (χ4v) is 3.07. The van der Waals surface area contributed by atoms with Crippen LogP contribution in [0.2, 0.25) is 0 Å². The highest BCUT2D eigenvalue weighted by molar-refractivity contribution is 5.99. The van der Waals surface area contributed by atoms with E-state index < -0.39 is 0 Å². The molecule has 0 saturated carbocycles. The summed E-state index contributed by atoms with van der Waals surface area (Å²) in [5.41, 5.74) is 2.74. The van der Waals surface area contributed by atoms with Crippen LogP contribution in [0, 0.1) is 0 Å². The number of carbonyl (C=O) groups excluding carboxylic acids is 1. The Kier molecular flexibility index (Phi) is 7.45. The van der Waals surface area contributed by atoms with E-state index in [0.29, 0.717) is 42.5 Å². The van der Waals surface area contributed by atoms with Crippen LogP contribution in [0.3, 0.4) is 0 Å². The number of ether oxygens (including phenoxy) is 3. The van der Waals surface area contributed by atoms with Crippen LogP contribution in [0.25, 0.3) is 16.8 Å². The first-order valence-corrected chi connectivity index (χ1v) is 9.91. The Bertz CT molecular complexity index is 970. The Hall–Kier alpha value is -3.32. The second-order valence-corrected chi connectivity index (χ2v) is 6.55. The van der Waals surface area contributed by atoms with Crippen LogP contribution in [-0.4, -0.2) is 49.7 Å². The molecule has 1 aromatic heterocycles. The van der Waals surface area contributed by atoms with E-state index in [0.717, 1.165) is 17.7 Å². The van der Waals surface area contributed by atoms with Crippen molar-refractivity contribution in [3.05, 3.63) is 60.4 Å². The number of rotatable bonds is 10. The summed E-state index contributed by atoms with van der Waals surface area (Å²) in [5.74, 6) is 0.982. The number of hydrogen-bond donors (Lipinski definition) is 1. The zero-order valence-electron chi connectivity index (χ0n) is 17.6. The molecule has 0 fully saturated rings. The number of amides is 1. The first-order chi connectivity index (χ1) is 14.7. The van der Waals surface area contributed by atoms with Crippen LogP contribution >= 0.6 is 0 Å². The summed E-state index contributed by atoms with van der Waals surface area (Å²) in [6, 6.07) is 15.2. The second kappa shape index (κ2) is 10.5. The Morgan fingerprint density at radius 3 is 2.53 bits per heavy atom. The maximum absolute atomic E-state index is 12.9. The molecule has 1 heterocycles. The van der Waals surface area contributed by atoms with Gasteiger partial charge in [-0.1, -0.05) is 24.3 Å². The maximum Gasteiger partial charge on any atom is 0.272 e. The molecule has 0 unspecified atom stereocenters. The van der Waals surface area contributed by atoms with Crippen molar-refractivity contribution in [2.75, 3.05) is 34.0 Å². The van der Waals surface area contributed by atoms with Crippen molar-refractivity contribution in [3.63, 3.8) is 0 Å². The van der Waals surface area contributed by atoms with Gasteiger partial charge in [0.2, 0.25) is 0 Å². The molecule has 1 N–H and O–H groups in total. The predicted molar refractivity (Wildman–Crippen MR) is 116 cm³/mol. The molecule has 0 aliphatic heterocycles. The third-order valence-corrected chi connectivity index (χ3v) is 4.60. The van der Waals surface area contributed by atoms with Gasteiger partial charge in [-0.25, -0.2) is 4.68 Å². The van der Waals surface area contributed by atoms with E-state index in [-0.39, 0.29) is 5.91 Å². The van der Waals surface area contributed by atoms with Gasteiger partial charge in [0.25, 0.3) is 5.91 Å². The molecule has 0 saturated heterocycles. The quantitative estimate of drug-likeness (QED) is 0.517. The van der Waals surface area contributed by atoms with Crippen molar-refractivity contribution in [2.45, 2.75) is 13.3 Å². The van der Waals surface area contributed by atoms with E-state index >= 15 is 0 Å². The molecule has 7 heteroatoms. The lowest BCUT2D eigenvalue weighted by atomic mass is 10.1. The van der Waals surface area contributed by atoms with Gasteiger partial charge in [-0.05, 0) is 43.2 Å². The summed E-state index contributed by atoms with van der Waals surface area (Å²) in [7, 11) is 3.17. The molecule has 30 heavy (non-hydrogen) atoms. The fraction of sp³-hybridized carbons (Fsp3) is 0.304. The second-order valence-electron chi connectivity index (χ2n) is 6.55. The van der Waals surface area contributed by atoms with Crippen molar-refractivity contribution in [2.24, 2.45) is 0 Å². The molecule has 0 radical (unpaired) electrons. The maximum atomic E-state index is 12.9. The van der Waals surface area contributed by atoms with Crippen LogP contribution in [-0.2, 0) is 4.74 Å². The first kappa shape index (κ1) is 21.4. The number of nitrogens with zero attached hydrogens (tertiary/aromatic N) is 2. The first-order valence-electron chi connectivity index (χ1n) is 9.91. The Morgan fingerprint density at radius 1 is 1.07 bits per heavy atom. The summed E-state index contributed by atoms with van der Waals surface area (Å²) in [6.07, 6.45) is 2.59. The number of hydrogen-bond acceptors (Lipinski definition) is 5.